The number of hydrogen-bond donors (Lipinski definition) is 0. The van der Waals surface area contributed by atoms with Crippen molar-refractivity contribution < 1.29 is 4.74 Å². The topological polar surface area (TPSA) is 9.23 Å². The van der Waals surface area contributed by atoms with Crippen molar-refractivity contribution in [2.75, 3.05) is 0 Å². The molecule has 0 amide bonds. The van der Waals surface area contributed by atoms with Gasteiger partial charge >= 0.3 is 0 Å². The maximum atomic E-state index is 6.74. The van der Waals surface area contributed by atoms with Gasteiger partial charge in [0.1, 0.15) is 11.4 Å². The van der Waals surface area contributed by atoms with Gasteiger partial charge in [0.15, 0.2) is 0 Å². The maximum absolute atomic E-state index is 6.74. The Morgan fingerprint density at radius 3 is 2.62 bits per heavy atom. The number of hydrogen-bond acceptors (Lipinski definition) is 1. The highest BCUT2D eigenvalue weighted by molar-refractivity contribution is 6.22. The Morgan fingerprint density at radius 2 is 1.86 bits per heavy atom. The zero-order valence-electron chi connectivity index (χ0n) is 13.0. The molecule has 0 fully saturated rings. The van der Waals surface area contributed by atoms with Crippen LogP contribution in [0, 0.1) is 13.8 Å². The van der Waals surface area contributed by atoms with Gasteiger partial charge in [0.25, 0.3) is 0 Å². The van der Waals surface area contributed by atoms with Crippen molar-refractivity contribution in [1.29, 1.82) is 0 Å². The van der Waals surface area contributed by atoms with Gasteiger partial charge in [-0.2, -0.15) is 0 Å². The Balaban J connectivity index is 1.97. The summed E-state index contributed by atoms with van der Waals surface area (Å²) in [7, 11) is 0. The van der Waals surface area contributed by atoms with E-state index in [4.69, 9.17) is 16.3 Å². The average Bonchev–Trinajstić information content (AvgIpc) is 2.73. The van der Waals surface area contributed by atoms with Gasteiger partial charge in [-0.25, -0.2) is 0 Å². The van der Waals surface area contributed by atoms with Gasteiger partial charge in [-0.05, 0) is 56.0 Å². The molecule has 0 spiro atoms. The molecule has 1 heterocycles. The van der Waals surface area contributed by atoms with E-state index >= 15 is 0 Å². The molecule has 0 bridgehead atoms. The normalized spacial score (nSPS) is 17.2. The molecule has 0 aliphatic carbocycles. The van der Waals surface area contributed by atoms with Crippen LogP contribution in [-0.2, 0) is 6.42 Å². The maximum Gasteiger partial charge on any atom is 0.123 e. The fourth-order valence-electron chi connectivity index (χ4n) is 3.00. The average molecular weight is 301 g/mol. The van der Waals surface area contributed by atoms with Crippen LogP contribution < -0.4 is 4.74 Å². The van der Waals surface area contributed by atoms with E-state index in [1.165, 1.54) is 22.3 Å². The zero-order valence-corrected chi connectivity index (χ0v) is 13.8. The molecule has 1 unspecified atom stereocenters. The Bertz CT molecular complexity index is 688. The van der Waals surface area contributed by atoms with E-state index in [9.17, 15) is 0 Å². The van der Waals surface area contributed by atoms with Crippen molar-refractivity contribution in [3.63, 3.8) is 0 Å². The Morgan fingerprint density at radius 1 is 1.10 bits per heavy atom. The Hall–Kier alpha value is -1.47. The van der Waals surface area contributed by atoms with E-state index in [1.807, 2.05) is 0 Å². The van der Waals surface area contributed by atoms with Gasteiger partial charge in [-0.1, -0.05) is 35.9 Å². The third-order valence-corrected chi connectivity index (χ3v) is 4.57. The quantitative estimate of drug-likeness (QED) is 0.680. The number of fused-ring (bicyclic) bond motifs is 1. The lowest BCUT2D eigenvalue weighted by molar-refractivity contribution is 0.138. The van der Waals surface area contributed by atoms with E-state index in [1.54, 1.807) is 0 Å². The van der Waals surface area contributed by atoms with Gasteiger partial charge in [0.2, 0.25) is 0 Å². The lowest BCUT2D eigenvalue weighted by Crippen LogP contribution is -2.24. The molecule has 0 saturated carbocycles. The molecule has 2 heteroatoms. The minimum Gasteiger partial charge on any atom is -0.487 e. The first-order valence-corrected chi connectivity index (χ1v) is 7.82. The van der Waals surface area contributed by atoms with Crippen molar-refractivity contribution in [2.24, 2.45) is 0 Å². The molecular weight excluding hydrogens is 280 g/mol. The van der Waals surface area contributed by atoms with Crippen molar-refractivity contribution in [2.45, 2.75) is 45.1 Å². The van der Waals surface area contributed by atoms with Crippen molar-refractivity contribution in [1.82, 2.24) is 0 Å². The first-order valence-electron chi connectivity index (χ1n) is 7.39. The highest BCUT2D eigenvalue weighted by atomic mass is 35.5. The molecule has 0 radical (unpaired) electrons. The third-order valence-electron chi connectivity index (χ3n) is 4.09. The summed E-state index contributed by atoms with van der Waals surface area (Å²) in [4.78, 5) is 0. The Kier molecular flexibility index (Phi) is 3.49. The summed E-state index contributed by atoms with van der Waals surface area (Å²) < 4.78 is 5.93. The molecule has 21 heavy (non-hydrogen) atoms. The van der Waals surface area contributed by atoms with Gasteiger partial charge in [0, 0.05) is 6.42 Å². The summed E-state index contributed by atoms with van der Waals surface area (Å²) in [5.74, 6) is 0.994. The molecule has 1 aliphatic heterocycles. The number of aryl methyl sites for hydroxylation is 2. The van der Waals surface area contributed by atoms with Gasteiger partial charge < -0.3 is 4.74 Å². The minimum atomic E-state index is -0.112. The molecule has 110 valence electrons. The molecule has 3 rings (SSSR count). The summed E-state index contributed by atoms with van der Waals surface area (Å²) in [6, 6.07) is 12.8. The molecule has 0 N–H and O–H groups in total. The third kappa shape index (κ3) is 2.80. The fraction of sp³-hybridized carbons (Fsp3) is 0.368. The molecule has 2 aromatic rings. The van der Waals surface area contributed by atoms with E-state index in [0.29, 0.717) is 0 Å². The lowest BCUT2D eigenvalue weighted by Gasteiger charge is -2.16. The van der Waals surface area contributed by atoms with E-state index in [-0.39, 0.29) is 11.0 Å². The molecule has 1 aliphatic rings. The predicted molar refractivity (Wildman–Crippen MR) is 88.5 cm³/mol. The fourth-order valence-corrected chi connectivity index (χ4v) is 3.37. The number of ether oxygens (including phenoxy) is 1. The second kappa shape index (κ2) is 5.06. The summed E-state index contributed by atoms with van der Waals surface area (Å²) in [6.45, 7) is 8.46. The van der Waals surface area contributed by atoms with Gasteiger partial charge in [0.05, 0.1) is 5.38 Å². The van der Waals surface area contributed by atoms with Crippen LogP contribution in [0.4, 0.5) is 0 Å². The first-order chi connectivity index (χ1) is 9.85. The first kappa shape index (κ1) is 14.5. The van der Waals surface area contributed by atoms with Crippen molar-refractivity contribution >= 4 is 11.6 Å². The molecule has 2 aromatic carbocycles. The van der Waals surface area contributed by atoms with Crippen molar-refractivity contribution in [3.8, 4) is 5.75 Å². The Labute approximate surface area is 131 Å². The highest BCUT2D eigenvalue weighted by Gasteiger charge is 2.30. The van der Waals surface area contributed by atoms with Crippen LogP contribution in [0.5, 0.6) is 5.75 Å². The molecule has 0 saturated heterocycles. The summed E-state index contributed by atoms with van der Waals surface area (Å²) in [5, 5.41) is -0.112. The van der Waals surface area contributed by atoms with Crippen LogP contribution in [0.15, 0.2) is 36.4 Å². The van der Waals surface area contributed by atoms with Gasteiger partial charge in [-0.15, -0.1) is 11.6 Å². The molecule has 0 aromatic heterocycles. The predicted octanol–water partition coefficient (Wildman–Crippen LogP) is 5.35. The monoisotopic (exact) mass is 300 g/mol. The van der Waals surface area contributed by atoms with Crippen LogP contribution in [0.25, 0.3) is 0 Å². The lowest BCUT2D eigenvalue weighted by atomic mass is 9.95. The van der Waals surface area contributed by atoms with Crippen LogP contribution in [0.1, 0.15) is 47.0 Å². The highest BCUT2D eigenvalue weighted by Crippen LogP contribution is 2.39. The summed E-state index contributed by atoms with van der Waals surface area (Å²) in [5.41, 5.74) is 5.96. The standard InChI is InChI=1S/C19H21ClO/c1-12-5-6-13(2)16(9-12)18(20)14-7-8-17-15(10-14)11-19(3,4)21-17/h5-10,18H,11H2,1-4H3. The molecule has 1 nitrogen and oxygen atoms in total. The number of benzene rings is 2. The van der Waals surface area contributed by atoms with Crippen LogP contribution >= 0.6 is 11.6 Å². The van der Waals surface area contributed by atoms with Crippen molar-refractivity contribution in [3.05, 3.63) is 64.2 Å². The van der Waals surface area contributed by atoms with Crippen LogP contribution in [0.2, 0.25) is 0 Å². The van der Waals surface area contributed by atoms with Crippen LogP contribution in [-0.4, -0.2) is 5.60 Å². The molecular formula is C19H21ClO. The smallest absolute Gasteiger partial charge is 0.123 e. The summed E-state index contributed by atoms with van der Waals surface area (Å²) in [6.07, 6.45) is 0.937. The van der Waals surface area contributed by atoms with Crippen LogP contribution in [0.3, 0.4) is 0 Å². The minimum absolute atomic E-state index is 0.109. The second-order valence-corrected chi connectivity index (χ2v) is 7.06. The molecule has 1 atom stereocenters. The SMILES string of the molecule is Cc1ccc(C)c(C(Cl)c2ccc3c(c2)CC(C)(C)O3)c1. The van der Waals surface area contributed by atoms with Gasteiger partial charge in [-0.3, -0.25) is 0 Å². The number of halogens is 1. The largest absolute Gasteiger partial charge is 0.487 e. The second-order valence-electron chi connectivity index (χ2n) is 6.63. The van der Waals surface area contributed by atoms with E-state index < -0.39 is 0 Å². The number of rotatable bonds is 2. The summed E-state index contributed by atoms with van der Waals surface area (Å²) >= 11 is 6.74. The zero-order chi connectivity index (χ0) is 15.2. The number of alkyl halides is 1. The van der Waals surface area contributed by atoms with E-state index in [2.05, 4.69) is 64.1 Å². The van der Waals surface area contributed by atoms with E-state index in [0.717, 1.165) is 17.7 Å².